The standard InChI is InChI=1S/C27H39F2N3O3S/c1-5-7-13-36(34,35)27(22-15-23(28)17-24(29)16-22)25(31-26(33)19-32(3)4)11-12-30-18-21-10-8-9-20(6-2)14-21/h8-10,14-17,25,27,30H,5-7,11-13,18-19H2,1-4H3,(H,31,33)/t25-,27?/m0/s1. The number of nitrogens with zero attached hydrogens (tertiary/aromatic N) is 1. The molecule has 1 unspecified atom stereocenters. The molecule has 1 amide bonds. The van der Waals surface area contributed by atoms with E-state index in [0.29, 0.717) is 32.0 Å². The number of hydrogen-bond acceptors (Lipinski definition) is 5. The molecule has 0 heterocycles. The number of halogens is 2. The van der Waals surface area contributed by atoms with E-state index in [0.717, 1.165) is 24.1 Å². The summed E-state index contributed by atoms with van der Waals surface area (Å²) in [5.41, 5.74) is 2.33. The zero-order valence-corrected chi connectivity index (χ0v) is 22.5. The van der Waals surface area contributed by atoms with Gasteiger partial charge in [0.05, 0.1) is 18.3 Å². The van der Waals surface area contributed by atoms with Crippen LogP contribution in [0, 0.1) is 11.6 Å². The monoisotopic (exact) mass is 523 g/mol. The molecule has 200 valence electrons. The highest BCUT2D eigenvalue weighted by atomic mass is 32.2. The highest BCUT2D eigenvalue weighted by Crippen LogP contribution is 2.31. The molecular formula is C27H39F2N3O3S. The molecule has 9 heteroatoms. The summed E-state index contributed by atoms with van der Waals surface area (Å²) in [5, 5.41) is 4.88. The summed E-state index contributed by atoms with van der Waals surface area (Å²) in [5.74, 6) is -2.20. The maximum absolute atomic E-state index is 14.1. The lowest BCUT2D eigenvalue weighted by Crippen LogP contribution is -2.46. The Kier molecular flexibility index (Phi) is 11.9. The van der Waals surface area contributed by atoms with Crippen LogP contribution in [0.2, 0.25) is 0 Å². The Morgan fingerprint density at radius 3 is 2.31 bits per heavy atom. The maximum Gasteiger partial charge on any atom is 0.234 e. The zero-order chi connectivity index (χ0) is 26.7. The van der Waals surface area contributed by atoms with Crippen molar-refractivity contribution < 1.29 is 22.0 Å². The second-order valence-corrected chi connectivity index (χ2v) is 11.6. The minimum atomic E-state index is -3.83. The molecule has 0 fully saturated rings. The third kappa shape index (κ3) is 9.59. The largest absolute Gasteiger partial charge is 0.351 e. The first kappa shape index (κ1) is 29.9. The van der Waals surface area contributed by atoms with Crippen molar-refractivity contribution in [3.8, 4) is 0 Å². The van der Waals surface area contributed by atoms with Crippen LogP contribution in [0.3, 0.4) is 0 Å². The predicted molar refractivity (Wildman–Crippen MR) is 140 cm³/mol. The van der Waals surface area contributed by atoms with Crippen LogP contribution >= 0.6 is 0 Å². The lowest BCUT2D eigenvalue weighted by atomic mass is 10.0. The van der Waals surface area contributed by atoms with Crippen LogP contribution in [0.25, 0.3) is 0 Å². The predicted octanol–water partition coefficient (Wildman–Crippen LogP) is 4.01. The molecule has 2 atom stereocenters. The number of amides is 1. The van der Waals surface area contributed by atoms with Crippen LogP contribution in [-0.2, 0) is 27.6 Å². The van der Waals surface area contributed by atoms with E-state index in [4.69, 9.17) is 0 Å². The number of nitrogens with one attached hydrogen (secondary N) is 2. The summed E-state index contributed by atoms with van der Waals surface area (Å²) < 4.78 is 55.2. The van der Waals surface area contributed by atoms with E-state index < -0.39 is 32.8 Å². The Morgan fingerprint density at radius 1 is 1.03 bits per heavy atom. The van der Waals surface area contributed by atoms with Crippen LogP contribution in [0.4, 0.5) is 8.78 Å². The van der Waals surface area contributed by atoms with Gasteiger partial charge in [-0.2, -0.15) is 0 Å². The van der Waals surface area contributed by atoms with Crippen LogP contribution in [0.5, 0.6) is 0 Å². The van der Waals surface area contributed by atoms with Gasteiger partial charge in [0, 0.05) is 12.6 Å². The van der Waals surface area contributed by atoms with E-state index in [2.05, 4.69) is 29.7 Å². The number of unbranched alkanes of at least 4 members (excludes halogenated alkanes) is 1. The van der Waals surface area contributed by atoms with Crippen LogP contribution in [0.15, 0.2) is 42.5 Å². The molecule has 0 aliphatic rings. The van der Waals surface area contributed by atoms with Gasteiger partial charge >= 0.3 is 0 Å². The van der Waals surface area contributed by atoms with E-state index in [1.807, 2.05) is 19.1 Å². The van der Waals surface area contributed by atoms with E-state index in [9.17, 15) is 22.0 Å². The fourth-order valence-electron chi connectivity index (χ4n) is 4.19. The van der Waals surface area contributed by atoms with Gasteiger partial charge in [-0.3, -0.25) is 4.79 Å². The first-order valence-corrected chi connectivity index (χ1v) is 14.2. The lowest BCUT2D eigenvalue weighted by molar-refractivity contribution is -0.122. The van der Waals surface area contributed by atoms with Gasteiger partial charge < -0.3 is 15.5 Å². The average Bonchev–Trinajstić information content (AvgIpc) is 2.79. The Morgan fingerprint density at radius 2 is 1.69 bits per heavy atom. The fourth-order valence-corrected chi connectivity index (χ4v) is 6.39. The summed E-state index contributed by atoms with van der Waals surface area (Å²) in [6.07, 6.45) is 2.26. The van der Waals surface area contributed by atoms with Crippen molar-refractivity contribution >= 4 is 15.7 Å². The summed E-state index contributed by atoms with van der Waals surface area (Å²) in [6.45, 7) is 5.00. The molecule has 2 aromatic carbocycles. The van der Waals surface area contributed by atoms with Gasteiger partial charge in [-0.15, -0.1) is 0 Å². The van der Waals surface area contributed by atoms with Gasteiger partial charge in [-0.05, 0) is 68.7 Å². The maximum atomic E-state index is 14.1. The number of likely N-dealkylation sites (N-methyl/N-ethyl adjacent to an activating group) is 1. The minimum absolute atomic E-state index is 0.00871. The van der Waals surface area contributed by atoms with Gasteiger partial charge in [-0.25, -0.2) is 17.2 Å². The van der Waals surface area contributed by atoms with Crippen molar-refractivity contribution in [2.75, 3.05) is 32.9 Å². The van der Waals surface area contributed by atoms with Crippen molar-refractivity contribution in [1.29, 1.82) is 0 Å². The summed E-state index contributed by atoms with van der Waals surface area (Å²) in [6, 6.07) is 10.1. The van der Waals surface area contributed by atoms with E-state index in [1.54, 1.807) is 19.0 Å². The van der Waals surface area contributed by atoms with Crippen LogP contribution in [-0.4, -0.2) is 58.2 Å². The summed E-state index contributed by atoms with van der Waals surface area (Å²) in [7, 11) is -0.364. The molecule has 36 heavy (non-hydrogen) atoms. The van der Waals surface area contributed by atoms with Crippen LogP contribution < -0.4 is 10.6 Å². The molecule has 2 N–H and O–H groups in total. The molecule has 6 nitrogen and oxygen atoms in total. The van der Waals surface area contributed by atoms with Crippen LogP contribution in [0.1, 0.15) is 55.1 Å². The topological polar surface area (TPSA) is 78.5 Å². The fraction of sp³-hybridized carbons (Fsp3) is 0.519. The summed E-state index contributed by atoms with van der Waals surface area (Å²) in [4.78, 5) is 14.4. The van der Waals surface area contributed by atoms with Crippen molar-refractivity contribution in [2.24, 2.45) is 0 Å². The number of aryl methyl sites for hydroxylation is 1. The molecule has 0 saturated heterocycles. The lowest BCUT2D eigenvalue weighted by Gasteiger charge is -2.29. The number of carbonyl (C=O) groups is 1. The van der Waals surface area contributed by atoms with Crippen molar-refractivity contribution in [3.63, 3.8) is 0 Å². The van der Waals surface area contributed by atoms with Gasteiger partial charge in [0.25, 0.3) is 0 Å². The van der Waals surface area contributed by atoms with Crippen molar-refractivity contribution in [2.45, 2.75) is 57.4 Å². The molecule has 0 radical (unpaired) electrons. The van der Waals surface area contributed by atoms with Crippen molar-refractivity contribution in [3.05, 3.63) is 70.8 Å². The minimum Gasteiger partial charge on any atom is -0.351 e. The normalized spacial score (nSPS) is 13.5. The number of sulfone groups is 1. The first-order valence-electron chi connectivity index (χ1n) is 12.5. The molecule has 2 rings (SSSR count). The van der Waals surface area contributed by atoms with Gasteiger partial charge in [0.2, 0.25) is 5.91 Å². The number of rotatable bonds is 15. The Labute approximate surface area is 214 Å². The molecule has 0 bridgehead atoms. The second kappa shape index (κ2) is 14.4. The number of carbonyl (C=O) groups excluding carboxylic acids is 1. The summed E-state index contributed by atoms with van der Waals surface area (Å²) >= 11 is 0. The molecule has 0 aromatic heterocycles. The smallest absolute Gasteiger partial charge is 0.234 e. The van der Waals surface area contributed by atoms with E-state index >= 15 is 0 Å². The molecule has 2 aromatic rings. The van der Waals surface area contributed by atoms with Gasteiger partial charge in [0.1, 0.15) is 16.9 Å². The van der Waals surface area contributed by atoms with Gasteiger partial charge in [0.15, 0.2) is 9.84 Å². The molecular weight excluding hydrogens is 484 g/mol. The second-order valence-electron chi connectivity index (χ2n) is 9.39. The van der Waals surface area contributed by atoms with E-state index in [1.165, 1.54) is 5.56 Å². The Hall–Kier alpha value is -2.36. The molecule has 0 aliphatic carbocycles. The SMILES string of the molecule is CCCCS(=O)(=O)C(c1cc(F)cc(F)c1)[C@H](CCNCc1cccc(CC)c1)NC(=O)CN(C)C. The number of benzene rings is 2. The van der Waals surface area contributed by atoms with Crippen molar-refractivity contribution in [1.82, 2.24) is 15.5 Å². The third-order valence-corrected chi connectivity index (χ3v) is 8.15. The highest BCUT2D eigenvalue weighted by molar-refractivity contribution is 7.91. The Bertz CT molecular complexity index is 1070. The average molecular weight is 524 g/mol. The highest BCUT2D eigenvalue weighted by Gasteiger charge is 2.36. The zero-order valence-electron chi connectivity index (χ0n) is 21.7. The first-order chi connectivity index (χ1) is 17.1. The molecule has 0 aliphatic heterocycles. The third-order valence-electron chi connectivity index (χ3n) is 5.92. The van der Waals surface area contributed by atoms with Gasteiger partial charge in [-0.1, -0.05) is 44.5 Å². The van der Waals surface area contributed by atoms with E-state index in [-0.39, 0.29) is 30.2 Å². The number of hydrogen-bond donors (Lipinski definition) is 2. The molecule has 0 spiro atoms. The molecule has 0 saturated carbocycles. The quantitative estimate of drug-likeness (QED) is 0.345. The Balaban J connectivity index is 2.33.